The summed E-state index contributed by atoms with van der Waals surface area (Å²) in [4.78, 5) is 0.292. The zero-order valence-electron chi connectivity index (χ0n) is 4.79. The van der Waals surface area contributed by atoms with Crippen LogP contribution in [-0.4, -0.2) is 4.99 Å². The standard InChI is InChI=1S/C4H4N2S4/c5-2(7)1-3(6)9-10-4(1)8/h6H2,(H2,5,7). The van der Waals surface area contributed by atoms with Crippen molar-refractivity contribution in [3.05, 3.63) is 9.39 Å². The van der Waals surface area contributed by atoms with Crippen molar-refractivity contribution in [1.29, 1.82) is 0 Å². The van der Waals surface area contributed by atoms with Gasteiger partial charge in [0, 0.05) is 0 Å². The summed E-state index contributed by atoms with van der Waals surface area (Å²) in [5.41, 5.74) is 11.6. The number of nitrogen functional groups attached to an aromatic ring is 1. The van der Waals surface area contributed by atoms with Crippen LogP contribution in [0.25, 0.3) is 0 Å². The zero-order valence-corrected chi connectivity index (χ0v) is 8.05. The van der Waals surface area contributed by atoms with Crippen LogP contribution in [0.15, 0.2) is 0 Å². The van der Waals surface area contributed by atoms with E-state index in [1.165, 1.54) is 20.7 Å². The molecule has 0 fully saturated rings. The maximum atomic E-state index is 5.54. The van der Waals surface area contributed by atoms with Gasteiger partial charge in [-0.15, -0.1) is 0 Å². The van der Waals surface area contributed by atoms with Gasteiger partial charge in [-0.05, 0) is 0 Å². The largest absolute Gasteiger partial charge is 0.389 e. The van der Waals surface area contributed by atoms with Gasteiger partial charge < -0.3 is 11.5 Å². The number of nitrogens with two attached hydrogens (primary N) is 2. The van der Waals surface area contributed by atoms with Gasteiger partial charge in [-0.3, -0.25) is 0 Å². The van der Waals surface area contributed by atoms with E-state index in [1.807, 2.05) is 0 Å². The van der Waals surface area contributed by atoms with Gasteiger partial charge in [0.15, 0.2) is 0 Å². The van der Waals surface area contributed by atoms with Crippen LogP contribution in [0.5, 0.6) is 0 Å². The topological polar surface area (TPSA) is 52.0 Å². The van der Waals surface area contributed by atoms with E-state index in [0.717, 1.165) is 0 Å². The molecule has 0 atom stereocenters. The minimum Gasteiger partial charge on any atom is -0.389 e. The van der Waals surface area contributed by atoms with Crippen LogP contribution in [0.1, 0.15) is 5.56 Å². The van der Waals surface area contributed by atoms with Gasteiger partial charge in [0.1, 0.15) is 13.8 Å². The van der Waals surface area contributed by atoms with Crippen molar-refractivity contribution in [1.82, 2.24) is 0 Å². The first kappa shape index (κ1) is 8.06. The summed E-state index contributed by atoms with van der Waals surface area (Å²) in [6, 6.07) is 0. The number of thiocarbonyl (C=S) groups is 1. The van der Waals surface area contributed by atoms with Crippen molar-refractivity contribution < 1.29 is 0 Å². The maximum absolute atomic E-state index is 5.54. The minimum atomic E-state index is 0.292. The van der Waals surface area contributed by atoms with E-state index in [-0.39, 0.29) is 0 Å². The molecule has 0 unspecified atom stereocenters. The lowest BCUT2D eigenvalue weighted by molar-refractivity contribution is 1.73. The molecule has 0 amide bonds. The highest BCUT2D eigenvalue weighted by molar-refractivity contribution is 7.82. The normalized spacial score (nSPS) is 9.60. The fourth-order valence-electron chi connectivity index (χ4n) is 0.489. The van der Waals surface area contributed by atoms with Gasteiger partial charge in [0.05, 0.1) is 5.56 Å². The summed E-state index contributed by atoms with van der Waals surface area (Å²) < 4.78 is 0.690. The van der Waals surface area contributed by atoms with E-state index in [9.17, 15) is 0 Å². The number of rotatable bonds is 1. The van der Waals surface area contributed by atoms with Crippen molar-refractivity contribution in [2.75, 3.05) is 5.73 Å². The second kappa shape index (κ2) is 2.91. The van der Waals surface area contributed by atoms with Gasteiger partial charge in [-0.1, -0.05) is 45.1 Å². The maximum Gasteiger partial charge on any atom is 0.114 e. The molecule has 0 spiro atoms. The molecule has 0 bridgehead atoms. The molecule has 6 heteroatoms. The van der Waals surface area contributed by atoms with Crippen molar-refractivity contribution in [2.45, 2.75) is 0 Å². The highest BCUT2D eigenvalue weighted by Gasteiger charge is 2.06. The summed E-state index contributed by atoms with van der Waals surface area (Å²) >= 11 is 9.67. The van der Waals surface area contributed by atoms with Crippen LogP contribution in [-0.2, 0) is 0 Å². The molecule has 10 heavy (non-hydrogen) atoms. The average molecular weight is 208 g/mol. The Morgan fingerprint density at radius 2 is 2.00 bits per heavy atom. The molecule has 1 rings (SSSR count). The lowest BCUT2D eigenvalue weighted by Gasteiger charge is -1.91. The van der Waals surface area contributed by atoms with Crippen molar-refractivity contribution in [2.24, 2.45) is 5.73 Å². The minimum absolute atomic E-state index is 0.292. The Morgan fingerprint density at radius 1 is 1.40 bits per heavy atom. The van der Waals surface area contributed by atoms with Crippen LogP contribution >= 0.6 is 45.1 Å². The third kappa shape index (κ3) is 1.34. The van der Waals surface area contributed by atoms with E-state index in [4.69, 9.17) is 35.9 Å². The lowest BCUT2D eigenvalue weighted by atomic mass is 10.4. The first-order valence-electron chi connectivity index (χ1n) is 2.31. The van der Waals surface area contributed by atoms with Gasteiger partial charge in [-0.2, -0.15) is 0 Å². The molecule has 0 saturated carbocycles. The van der Waals surface area contributed by atoms with Crippen molar-refractivity contribution >= 4 is 55.1 Å². The Hall–Kier alpha value is -0.0400. The Labute approximate surface area is 75.9 Å². The monoisotopic (exact) mass is 208 g/mol. The molecule has 0 aliphatic heterocycles. The van der Waals surface area contributed by atoms with E-state index < -0.39 is 0 Å². The highest BCUT2D eigenvalue weighted by atomic mass is 32.9. The molecule has 54 valence electrons. The summed E-state index contributed by atoms with van der Waals surface area (Å²) in [5.74, 6) is 0. The third-order valence-corrected chi connectivity index (χ3v) is 3.99. The van der Waals surface area contributed by atoms with Crippen LogP contribution < -0.4 is 11.5 Å². The summed E-state index contributed by atoms with van der Waals surface area (Å²) in [5, 5.41) is 0.627. The van der Waals surface area contributed by atoms with E-state index in [0.29, 0.717) is 19.4 Å². The second-order valence-corrected chi connectivity index (χ2v) is 4.85. The smallest absolute Gasteiger partial charge is 0.114 e. The Balaban J connectivity index is 3.37. The molecule has 2 nitrogen and oxygen atoms in total. The van der Waals surface area contributed by atoms with Crippen LogP contribution in [0, 0.1) is 3.82 Å². The number of hydrogen-bond donors (Lipinski definition) is 2. The second-order valence-electron chi connectivity index (χ2n) is 1.56. The van der Waals surface area contributed by atoms with Gasteiger partial charge in [0.2, 0.25) is 0 Å². The third-order valence-electron chi connectivity index (χ3n) is 0.904. The fraction of sp³-hybridized carbons (Fsp3) is 0. The molecule has 1 aromatic rings. The molecule has 0 aromatic carbocycles. The lowest BCUT2D eigenvalue weighted by Crippen LogP contribution is -2.10. The molecule has 1 aromatic heterocycles. The predicted molar refractivity (Wildman–Crippen MR) is 53.3 cm³/mol. The molecule has 4 N–H and O–H groups in total. The van der Waals surface area contributed by atoms with Crippen molar-refractivity contribution in [3.8, 4) is 0 Å². The Morgan fingerprint density at radius 3 is 2.20 bits per heavy atom. The molecule has 0 aliphatic rings. The quantitative estimate of drug-likeness (QED) is 0.545. The summed E-state index contributed by atoms with van der Waals surface area (Å²) in [7, 11) is 2.83. The molecule has 0 saturated heterocycles. The first-order chi connectivity index (χ1) is 4.63. The van der Waals surface area contributed by atoms with Gasteiger partial charge in [-0.25, -0.2) is 0 Å². The first-order valence-corrected chi connectivity index (χ1v) is 5.28. The fourth-order valence-corrected chi connectivity index (χ4v) is 3.31. The molecule has 1 heterocycles. The van der Waals surface area contributed by atoms with Crippen LogP contribution in [0.3, 0.4) is 0 Å². The molecule has 0 aliphatic carbocycles. The van der Waals surface area contributed by atoms with E-state index in [1.54, 1.807) is 0 Å². The molecule has 0 radical (unpaired) electrons. The Bertz CT molecular complexity index is 309. The van der Waals surface area contributed by atoms with Crippen LogP contribution in [0.2, 0.25) is 0 Å². The summed E-state index contributed by atoms with van der Waals surface area (Å²) in [6.07, 6.45) is 0. The molecular weight excluding hydrogens is 204 g/mol. The number of hydrogen-bond acceptors (Lipinski definition) is 5. The number of anilines is 1. The van der Waals surface area contributed by atoms with Gasteiger partial charge >= 0.3 is 0 Å². The average Bonchev–Trinajstić information content (AvgIpc) is 2.11. The van der Waals surface area contributed by atoms with Crippen molar-refractivity contribution in [3.63, 3.8) is 0 Å². The Kier molecular flexibility index (Phi) is 2.35. The SMILES string of the molecule is NC(=S)c1c(N)ssc1=S. The predicted octanol–water partition coefficient (Wildman–Crippen LogP) is 1.76. The summed E-state index contributed by atoms with van der Waals surface area (Å²) in [6.45, 7) is 0. The highest BCUT2D eigenvalue weighted by Crippen LogP contribution is 2.26. The van der Waals surface area contributed by atoms with E-state index >= 15 is 0 Å². The van der Waals surface area contributed by atoms with Gasteiger partial charge in [0.25, 0.3) is 0 Å². The molecular formula is C4H4N2S4. The van der Waals surface area contributed by atoms with Crippen LogP contribution in [0.4, 0.5) is 5.00 Å². The zero-order chi connectivity index (χ0) is 7.72. The van der Waals surface area contributed by atoms with E-state index in [2.05, 4.69) is 0 Å².